The number of carbonyl (C=O) groups excluding carboxylic acids is 1. The van der Waals surface area contributed by atoms with Crippen molar-refractivity contribution in [3.63, 3.8) is 0 Å². The summed E-state index contributed by atoms with van der Waals surface area (Å²) in [5, 5.41) is 22.1. The summed E-state index contributed by atoms with van der Waals surface area (Å²) in [6, 6.07) is -0.533. The molecule has 3 aliphatic heterocycles. The second-order valence-electron chi connectivity index (χ2n) is 5.35. The molecule has 0 aromatic heterocycles. The van der Waals surface area contributed by atoms with Crippen molar-refractivity contribution < 1.29 is 19.7 Å². The predicted molar refractivity (Wildman–Crippen MR) is 81.4 cm³/mol. The zero-order chi connectivity index (χ0) is 16.4. The maximum atomic E-state index is 12.1. The van der Waals surface area contributed by atoms with Crippen LogP contribution in [0.2, 0.25) is 0 Å². The number of amides is 2. The number of hydrogen-bond donors (Lipinski definition) is 4. The SMILES string of the molecule is NC1=NC(=O)N([C@H]2C[C@H](O)[C@@H](CO)O2)CN1C1=CC=CC=CN1. The summed E-state index contributed by atoms with van der Waals surface area (Å²) in [6.45, 7) is -0.179. The molecule has 0 spiro atoms. The molecule has 3 heterocycles. The molecule has 3 rings (SSSR count). The van der Waals surface area contributed by atoms with Crippen molar-refractivity contribution in [3.8, 4) is 0 Å². The average molecular weight is 321 g/mol. The molecule has 124 valence electrons. The van der Waals surface area contributed by atoms with Crippen molar-refractivity contribution in [1.82, 2.24) is 15.1 Å². The molecule has 3 aliphatic rings. The lowest BCUT2D eigenvalue weighted by molar-refractivity contribution is -0.0700. The topological polar surface area (TPSA) is 124 Å². The maximum absolute atomic E-state index is 12.1. The molecule has 0 unspecified atom stereocenters. The number of nitrogens with one attached hydrogen (secondary N) is 1. The van der Waals surface area contributed by atoms with E-state index in [1.54, 1.807) is 17.2 Å². The van der Waals surface area contributed by atoms with Crippen LogP contribution in [0.1, 0.15) is 6.42 Å². The van der Waals surface area contributed by atoms with Crippen LogP contribution >= 0.6 is 0 Å². The standard InChI is InChI=1S/C14H19N5O4/c15-13-17-14(22)19(12-6-9(21)10(7-20)23-12)8-18(13)11-4-2-1-3-5-16-11/h1-5,9-10,12,16,20-21H,6-8H2,(H2,15,17,22)/t9-,10+,12+/m0/s1. The Morgan fingerprint density at radius 2 is 2.26 bits per heavy atom. The van der Waals surface area contributed by atoms with Gasteiger partial charge in [-0.2, -0.15) is 4.99 Å². The third kappa shape index (κ3) is 3.07. The number of urea groups is 1. The minimum atomic E-state index is -0.824. The first-order chi connectivity index (χ1) is 11.1. The third-order valence-corrected chi connectivity index (χ3v) is 3.85. The second-order valence-corrected chi connectivity index (χ2v) is 5.35. The van der Waals surface area contributed by atoms with Gasteiger partial charge < -0.3 is 26.0 Å². The summed E-state index contributed by atoms with van der Waals surface area (Å²) >= 11 is 0. The molecule has 0 aliphatic carbocycles. The van der Waals surface area contributed by atoms with E-state index in [1.165, 1.54) is 4.90 Å². The molecule has 3 atom stereocenters. The van der Waals surface area contributed by atoms with E-state index in [1.807, 2.05) is 18.2 Å². The fourth-order valence-electron chi connectivity index (χ4n) is 2.61. The maximum Gasteiger partial charge on any atom is 0.350 e. The van der Waals surface area contributed by atoms with Crippen molar-refractivity contribution in [2.24, 2.45) is 10.7 Å². The van der Waals surface area contributed by atoms with Gasteiger partial charge in [0.2, 0.25) is 5.96 Å². The van der Waals surface area contributed by atoms with Crippen molar-refractivity contribution >= 4 is 12.0 Å². The third-order valence-electron chi connectivity index (χ3n) is 3.85. The van der Waals surface area contributed by atoms with Crippen LogP contribution in [0.4, 0.5) is 4.79 Å². The van der Waals surface area contributed by atoms with E-state index >= 15 is 0 Å². The number of nitrogens with zero attached hydrogens (tertiary/aromatic N) is 3. The van der Waals surface area contributed by atoms with Gasteiger partial charge in [-0.15, -0.1) is 0 Å². The van der Waals surface area contributed by atoms with E-state index in [0.29, 0.717) is 5.82 Å². The number of guanidine groups is 1. The Labute approximate surface area is 133 Å². The van der Waals surface area contributed by atoms with Crippen LogP contribution in [-0.4, -0.2) is 63.7 Å². The van der Waals surface area contributed by atoms with Crippen molar-refractivity contribution in [2.45, 2.75) is 24.9 Å². The van der Waals surface area contributed by atoms with Crippen LogP contribution < -0.4 is 11.1 Å². The number of rotatable bonds is 3. The molecule has 0 aromatic carbocycles. The quantitative estimate of drug-likeness (QED) is 0.524. The van der Waals surface area contributed by atoms with Crippen LogP contribution in [0.15, 0.2) is 41.3 Å². The van der Waals surface area contributed by atoms with E-state index in [4.69, 9.17) is 15.6 Å². The minimum absolute atomic E-state index is 0.0750. The lowest BCUT2D eigenvalue weighted by atomic mass is 10.2. The fraction of sp³-hybridized carbons (Fsp3) is 0.429. The first-order valence-electron chi connectivity index (χ1n) is 7.27. The Kier molecular flexibility index (Phi) is 4.33. The summed E-state index contributed by atoms with van der Waals surface area (Å²) in [5.74, 6) is 0.733. The van der Waals surface area contributed by atoms with Gasteiger partial charge in [0.05, 0.1) is 12.7 Å². The molecule has 0 radical (unpaired) electrons. The van der Waals surface area contributed by atoms with Crippen LogP contribution in [0.3, 0.4) is 0 Å². The molecule has 0 aromatic rings. The second kappa shape index (κ2) is 6.41. The van der Waals surface area contributed by atoms with Gasteiger partial charge >= 0.3 is 6.03 Å². The van der Waals surface area contributed by atoms with Crippen molar-refractivity contribution in [3.05, 3.63) is 36.3 Å². The Morgan fingerprint density at radius 3 is 3.00 bits per heavy atom. The van der Waals surface area contributed by atoms with Crippen molar-refractivity contribution in [1.29, 1.82) is 0 Å². The molecule has 2 amide bonds. The molecule has 23 heavy (non-hydrogen) atoms. The van der Waals surface area contributed by atoms with Crippen LogP contribution in [0.25, 0.3) is 0 Å². The highest BCUT2D eigenvalue weighted by atomic mass is 16.5. The van der Waals surface area contributed by atoms with E-state index in [9.17, 15) is 9.90 Å². The highest BCUT2D eigenvalue weighted by Gasteiger charge is 2.41. The van der Waals surface area contributed by atoms with Gasteiger partial charge in [-0.1, -0.05) is 12.2 Å². The number of nitrogens with two attached hydrogens (primary N) is 1. The minimum Gasteiger partial charge on any atom is -0.394 e. The van der Waals surface area contributed by atoms with Gasteiger partial charge in [0.15, 0.2) is 0 Å². The Balaban J connectivity index is 1.79. The zero-order valence-corrected chi connectivity index (χ0v) is 12.4. The van der Waals surface area contributed by atoms with Crippen LogP contribution in [0.5, 0.6) is 0 Å². The molecule has 1 saturated heterocycles. The number of aliphatic hydroxyl groups excluding tert-OH is 2. The summed E-state index contributed by atoms with van der Waals surface area (Å²) in [6.07, 6.45) is 7.07. The molecule has 0 bridgehead atoms. The number of aliphatic hydroxyl groups is 2. The highest BCUT2D eigenvalue weighted by molar-refractivity contribution is 5.94. The largest absolute Gasteiger partial charge is 0.394 e. The highest BCUT2D eigenvalue weighted by Crippen LogP contribution is 2.26. The monoisotopic (exact) mass is 321 g/mol. The lowest BCUT2D eigenvalue weighted by Crippen LogP contribution is -2.55. The Hall–Kier alpha value is -2.36. The average Bonchev–Trinajstić information content (AvgIpc) is 2.73. The molecular weight excluding hydrogens is 302 g/mol. The first kappa shape index (κ1) is 15.5. The van der Waals surface area contributed by atoms with Crippen molar-refractivity contribution in [2.75, 3.05) is 13.3 Å². The molecule has 9 nitrogen and oxygen atoms in total. The van der Waals surface area contributed by atoms with E-state index in [-0.39, 0.29) is 25.7 Å². The van der Waals surface area contributed by atoms with Gasteiger partial charge in [0.1, 0.15) is 24.8 Å². The summed E-state index contributed by atoms with van der Waals surface area (Å²) in [5.41, 5.74) is 5.86. The lowest BCUT2D eigenvalue weighted by Gasteiger charge is -2.37. The number of hydrogen-bond acceptors (Lipinski definition) is 7. The predicted octanol–water partition coefficient (Wildman–Crippen LogP) is -1.02. The van der Waals surface area contributed by atoms with Gasteiger partial charge in [-0.05, 0) is 12.2 Å². The number of aliphatic imine (C=N–C) groups is 1. The zero-order valence-electron chi connectivity index (χ0n) is 12.4. The molecule has 0 saturated carbocycles. The van der Waals surface area contributed by atoms with Gasteiger partial charge in [0, 0.05) is 12.6 Å². The van der Waals surface area contributed by atoms with Crippen LogP contribution in [-0.2, 0) is 4.74 Å². The first-order valence-corrected chi connectivity index (χ1v) is 7.27. The van der Waals surface area contributed by atoms with E-state index < -0.39 is 24.5 Å². The number of ether oxygens (including phenoxy) is 1. The molecular formula is C14H19N5O4. The molecule has 1 fully saturated rings. The van der Waals surface area contributed by atoms with Crippen LogP contribution in [0, 0.1) is 0 Å². The van der Waals surface area contributed by atoms with Gasteiger partial charge in [-0.3, -0.25) is 9.80 Å². The normalized spacial score (nSPS) is 30.9. The smallest absolute Gasteiger partial charge is 0.350 e. The summed E-state index contributed by atoms with van der Waals surface area (Å²) < 4.78 is 5.53. The summed E-state index contributed by atoms with van der Waals surface area (Å²) in [7, 11) is 0. The fourth-order valence-corrected chi connectivity index (χ4v) is 2.61. The Bertz CT molecular complexity index is 600. The number of allylic oxidation sites excluding steroid dienone is 4. The van der Waals surface area contributed by atoms with Gasteiger partial charge in [-0.25, -0.2) is 4.79 Å². The number of carbonyl (C=O) groups is 1. The van der Waals surface area contributed by atoms with E-state index in [0.717, 1.165) is 0 Å². The Morgan fingerprint density at radius 1 is 1.43 bits per heavy atom. The molecule has 5 N–H and O–H groups in total. The molecule has 9 heteroatoms. The summed E-state index contributed by atoms with van der Waals surface area (Å²) in [4.78, 5) is 19.0. The van der Waals surface area contributed by atoms with Gasteiger partial charge in [0.25, 0.3) is 0 Å². The van der Waals surface area contributed by atoms with E-state index in [2.05, 4.69) is 10.3 Å².